The molecule has 1 amide bonds. The molecule has 30 heavy (non-hydrogen) atoms. The van der Waals surface area contributed by atoms with Gasteiger partial charge in [-0.05, 0) is 55.6 Å². The number of aromatic nitrogens is 2. The van der Waals surface area contributed by atoms with Crippen molar-refractivity contribution in [3.63, 3.8) is 0 Å². The van der Waals surface area contributed by atoms with Gasteiger partial charge in [0.2, 0.25) is 0 Å². The van der Waals surface area contributed by atoms with E-state index in [4.69, 9.17) is 34.8 Å². The second-order valence-electron chi connectivity index (χ2n) is 6.71. The van der Waals surface area contributed by atoms with Crippen molar-refractivity contribution in [3.05, 3.63) is 69.4 Å². The number of hydrogen-bond donors (Lipinski definition) is 1. The van der Waals surface area contributed by atoms with Crippen LogP contribution in [0.4, 0.5) is 0 Å². The number of carbonyl (C=O) groups excluding carboxylic acids is 1. The van der Waals surface area contributed by atoms with Crippen LogP contribution in [-0.2, 0) is 0 Å². The topological polar surface area (TPSA) is 50.2 Å². The third-order valence-corrected chi connectivity index (χ3v) is 5.61. The molecule has 0 unspecified atom stereocenters. The zero-order chi connectivity index (χ0) is 21.7. The Morgan fingerprint density at radius 2 is 1.70 bits per heavy atom. The highest BCUT2D eigenvalue weighted by Gasteiger charge is 2.18. The van der Waals surface area contributed by atoms with Crippen molar-refractivity contribution < 1.29 is 4.79 Å². The van der Waals surface area contributed by atoms with Crippen LogP contribution in [0.1, 0.15) is 24.3 Å². The van der Waals surface area contributed by atoms with Gasteiger partial charge in [0.1, 0.15) is 11.5 Å². The van der Waals surface area contributed by atoms with E-state index in [2.05, 4.69) is 29.0 Å². The first kappa shape index (κ1) is 22.6. The molecule has 158 valence electrons. The molecule has 0 bridgehead atoms. The van der Waals surface area contributed by atoms with Gasteiger partial charge in [-0.2, -0.15) is 0 Å². The monoisotopic (exact) mass is 464 g/mol. The van der Waals surface area contributed by atoms with Gasteiger partial charge in [-0.1, -0.05) is 48.7 Å². The number of nitrogens with one attached hydrogen (secondary N) is 1. The van der Waals surface area contributed by atoms with E-state index in [-0.39, 0.29) is 5.91 Å². The molecule has 0 atom stereocenters. The van der Waals surface area contributed by atoms with Crippen molar-refractivity contribution in [3.8, 4) is 17.1 Å². The molecule has 0 aliphatic heterocycles. The largest absolute Gasteiger partial charge is 0.349 e. The summed E-state index contributed by atoms with van der Waals surface area (Å²) in [7, 11) is 0. The number of rotatable bonds is 8. The fourth-order valence-electron chi connectivity index (χ4n) is 3.11. The van der Waals surface area contributed by atoms with Gasteiger partial charge < -0.3 is 10.2 Å². The fourth-order valence-corrected chi connectivity index (χ4v) is 3.74. The Balaban J connectivity index is 1.94. The molecule has 3 aromatic rings. The maximum absolute atomic E-state index is 12.7. The highest BCUT2D eigenvalue weighted by molar-refractivity contribution is 6.35. The highest BCUT2D eigenvalue weighted by Crippen LogP contribution is 2.30. The van der Waals surface area contributed by atoms with Crippen LogP contribution < -0.4 is 5.32 Å². The summed E-state index contributed by atoms with van der Waals surface area (Å²) in [6.07, 6.45) is 1.69. The summed E-state index contributed by atoms with van der Waals surface area (Å²) in [6, 6.07) is 12.5. The normalized spacial score (nSPS) is 11.1. The van der Waals surface area contributed by atoms with Gasteiger partial charge in [0.15, 0.2) is 0 Å². The predicted molar refractivity (Wildman–Crippen MR) is 124 cm³/mol. The lowest BCUT2D eigenvalue weighted by atomic mass is 10.2. The number of carbonyl (C=O) groups is 1. The summed E-state index contributed by atoms with van der Waals surface area (Å²) in [4.78, 5) is 19.6. The SMILES string of the molecule is CCN(CC)CCNC(=O)c1cn(-c2ccc(Cl)cc2Cl)c(-c2ccc(Cl)cc2)n1. The van der Waals surface area contributed by atoms with E-state index >= 15 is 0 Å². The van der Waals surface area contributed by atoms with E-state index in [1.165, 1.54) is 0 Å². The second-order valence-corrected chi connectivity index (χ2v) is 7.99. The van der Waals surface area contributed by atoms with Crippen LogP contribution in [0.3, 0.4) is 0 Å². The molecule has 1 aromatic heterocycles. The first-order valence-electron chi connectivity index (χ1n) is 9.74. The zero-order valence-electron chi connectivity index (χ0n) is 16.8. The van der Waals surface area contributed by atoms with E-state index in [1.807, 2.05) is 12.1 Å². The van der Waals surface area contributed by atoms with E-state index in [0.717, 1.165) is 25.2 Å². The maximum atomic E-state index is 12.7. The van der Waals surface area contributed by atoms with E-state index in [1.54, 1.807) is 41.1 Å². The minimum absolute atomic E-state index is 0.235. The minimum Gasteiger partial charge on any atom is -0.349 e. The van der Waals surface area contributed by atoms with Crippen molar-refractivity contribution in [2.45, 2.75) is 13.8 Å². The Kier molecular flexibility index (Phi) is 7.78. The molecule has 3 rings (SSSR count). The van der Waals surface area contributed by atoms with Crippen LogP contribution in [0.2, 0.25) is 15.1 Å². The van der Waals surface area contributed by atoms with Crippen LogP contribution in [0.15, 0.2) is 48.7 Å². The number of imidazole rings is 1. The van der Waals surface area contributed by atoms with Gasteiger partial charge in [0.05, 0.1) is 10.7 Å². The molecule has 0 radical (unpaired) electrons. The molecule has 1 heterocycles. The van der Waals surface area contributed by atoms with Crippen LogP contribution >= 0.6 is 34.8 Å². The van der Waals surface area contributed by atoms with Gasteiger partial charge >= 0.3 is 0 Å². The van der Waals surface area contributed by atoms with Gasteiger partial charge in [-0.25, -0.2) is 4.98 Å². The summed E-state index contributed by atoms with van der Waals surface area (Å²) in [5, 5.41) is 4.56. The van der Waals surface area contributed by atoms with Crippen LogP contribution in [0, 0.1) is 0 Å². The Morgan fingerprint density at radius 1 is 1.03 bits per heavy atom. The summed E-state index contributed by atoms with van der Waals surface area (Å²) >= 11 is 18.5. The summed E-state index contributed by atoms with van der Waals surface area (Å²) in [6.45, 7) is 7.41. The number of nitrogens with zero attached hydrogens (tertiary/aromatic N) is 3. The lowest BCUT2D eigenvalue weighted by Gasteiger charge is -2.17. The standard InChI is InChI=1S/C22H23Cl3N4O/c1-3-28(4-2)12-11-26-22(30)19-14-29(20-10-9-17(24)13-18(20)25)21(27-19)15-5-7-16(23)8-6-15/h5-10,13-14H,3-4,11-12H2,1-2H3,(H,26,30). The maximum Gasteiger partial charge on any atom is 0.271 e. The Morgan fingerprint density at radius 3 is 2.33 bits per heavy atom. The average molecular weight is 466 g/mol. The molecule has 0 aliphatic rings. The average Bonchev–Trinajstić information content (AvgIpc) is 3.17. The molecule has 1 N–H and O–H groups in total. The van der Waals surface area contributed by atoms with Crippen molar-refractivity contribution in [1.82, 2.24) is 19.8 Å². The smallest absolute Gasteiger partial charge is 0.271 e. The summed E-state index contributed by atoms with van der Waals surface area (Å²) in [5.74, 6) is 0.353. The lowest BCUT2D eigenvalue weighted by Crippen LogP contribution is -2.34. The number of likely N-dealkylation sites (N-methyl/N-ethyl adjacent to an activating group) is 1. The predicted octanol–water partition coefficient (Wildman–Crippen LogP) is 5.57. The number of benzene rings is 2. The van der Waals surface area contributed by atoms with Crippen molar-refractivity contribution in [1.29, 1.82) is 0 Å². The van der Waals surface area contributed by atoms with Gasteiger partial charge in [-0.3, -0.25) is 9.36 Å². The van der Waals surface area contributed by atoms with E-state index in [0.29, 0.717) is 38.8 Å². The van der Waals surface area contributed by atoms with Crippen LogP contribution in [0.5, 0.6) is 0 Å². The summed E-state index contributed by atoms with van der Waals surface area (Å²) in [5.41, 5.74) is 1.80. The molecule has 0 spiro atoms. The molecule has 0 fully saturated rings. The number of hydrogen-bond acceptors (Lipinski definition) is 3. The third kappa shape index (κ3) is 5.35. The molecule has 0 aliphatic carbocycles. The quantitative estimate of drug-likeness (QED) is 0.473. The van der Waals surface area contributed by atoms with Gasteiger partial charge in [0.25, 0.3) is 5.91 Å². The Labute approximate surface area is 191 Å². The highest BCUT2D eigenvalue weighted by atomic mass is 35.5. The van der Waals surface area contributed by atoms with E-state index in [9.17, 15) is 4.79 Å². The van der Waals surface area contributed by atoms with E-state index < -0.39 is 0 Å². The summed E-state index contributed by atoms with van der Waals surface area (Å²) < 4.78 is 1.79. The molecule has 5 nitrogen and oxygen atoms in total. The van der Waals surface area contributed by atoms with Crippen molar-refractivity contribution in [2.75, 3.05) is 26.2 Å². The number of halogens is 3. The zero-order valence-corrected chi connectivity index (χ0v) is 19.1. The fraction of sp³-hybridized carbons (Fsp3) is 0.273. The molecule has 0 saturated carbocycles. The molecular weight excluding hydrogens is 443 g/mol. The molecule has 2 aromatic carbocycles. The van der Waals surface area contributed by atoms with Gasteiger partial charge in [0, 0.05) is 34.9 Å². The van der Waals surface area contributed by atoms with Crippen molar-refractivity contribution >= 4 is 40.7 Å². The lowest BCUT2D eigenvalue weighted by molar-refractivity contribution is 0.0944. The van der Waals surface area contributed by atoms with Gasteiger partial charge in [-0.15, -0.1) is 0 Å². The third-order valence-electron chi connectivity index (χ3n) is 4.82. The molecule has 0 saturated heterocycles. The number of amides is 1. The first-order valence-corrected chi connectivity index (χ1v) is 10.9. The van der Waals surface area contributed by atoms with Crippen LogP contribution in [0.25, 0.3) is 17.1 Å². The molecular formula is C22H23Cl3N4O. The second kappa shape index (κ2) is 10.3. The minimum atomic E-state index is -0.235. The first-order chi connectivity index (χ1) is 14.4. The molecule has 8 heteroatoms. The van der Waals surface area contributed by atoms with Crippen molar-refractivity contribution in [2.24, 2.45) is 0 Å². The van der Waals surface area contributed by atoms with Crippen LogP contribution in [-0.4, -0.2) is 46.5 Å². The Hall–Kier alpha value is -2.05. The Bertz CT molecular complexity index is 1010.